The second kappa shape index (κ2) is 10.1. The Morgan fingerprint density at radius 3 is 2.40 bits per heavy atom. The minimum absolute atomic E-state index is 0.124. The molecule has 2 aromatic rings. The van der Waals surface area contributed by atoms with Gasteiger partial charge < -0.3 is 24.6 Å². The van der Waals surface area contributed by atoms with Crippen LogP contribution in [0.5, 0.6) is 0 Å². The molecule has 1 amide bonds. The van der Waals surface area contributed by atoms with Gasteiger partial charge in [0, 0.05) is 29.9 Å². The van der Waals surface area contributed by atoms with Gasteiger partial charge in [-0.25, -0.2) is 4.79 Å². The number of esters is 1. The van der Waals surface area contributed by atoms with E-state index >= 15 is 0 Å². The number of aryl methyl sites for hydroxylation is 1. The number of aromatic amines is 1. The van der Waals surface area contributed by atoms with Gasteiger partial charge in [0.15, 0.2) is 0 Å². The van der Waals surface area contributed by atoms with Crippen LogP contribution in [0.25, 0.3) is 5.76 Å². The SMILES string of the molecule is COC(=O)c1[nH]c(C)c(C(O)=C2C(=O)C(=O)N(CCCN(C)C)[C@H]2c2ccc([N+](=O)[O-])cc2)c1C. The van der Waals surface area contributed by atoms with Crippen LogP contribution in [0, 0.1) is 24.0 Å². The Bertz CT molecular complexity index is 1210. The maximum atomic E-state index is 13.2. The second-order valence-electron chi connectivity index (χ2n) is 8.61. The van der Waals surface area contributed by atoms with Crippen molar-refractivity contribution in [2.45, 2.75) is 26.3 Å². The van der Waals surface area contributed by atoms with Crippen molar-refractivity contribution in [1.29, 1.82) is 0 Å². The molecule has 1 fully saturated rings. The first-order valence-electron chi connectivity index (χ1n) is 10.9. The van der Waals surface area contributed by atoms with Crippen molar-refractivity contribution in [3.8, 4) is 0 Å². The smallest absolute Gasteiger partial charge is 0.354 e. The summed E-state index contributed by atoms with van der Waals surface area (Å²) < 4.78 is 4.77. The van der Waals surface area contributed by atoms with E-state index in [9.17, 15) is 29.6 Å². The van der Waals surface area contributed by atoms with Crippen molar-refractivity contribution in [3.63, 3.8) is 0 Å². The molecule has 0 spiro atoms. The molecule has 11 heteroatoms. The summed E-state index contributed by atoms with van der Waals surface area (Å²) in [5.74, 6) is -2.70. The van der Waals surface area contributed by atoms with Gasteiger partial charge in [-0.1, -0.05) is 0 Å². The summed E-state index contributed by atoms with van der Waals surface area (Å²) in [5.41, 5.74) is 1.30. The lowest BCUT2D eigenvalue weighted by molar-refractivity contribution is -0.384. The molecule has 2 heterocycles. The number of amides is 1. The van der Waals surface area contributed by atoms with Crippen LogP contribution in [-0.4, -0.2) is 76.8 Å². The number of benzene rings is 1. The Balaban J connectivity index is 2.18. The van der Waals surface area contributed by atoms with Crippen LogP contribution >= 0.6 is 0 Å². The molecular formula is C24H28N4O7. The minimum Gasteiger partial charge on any atom is -0.507 e. The number of likely N-dealkylation sites (tertiary alicyclic amines) is 1. The molecule has 35 heavy (non-hydrogen) atoms. The predicted octanol–water partition coefficient (Wildman–Crippen LogP) is 2.70. The fraction of sp³-hybridized carbons (Fsp3) is 0.375. The number of carbonyl (C=O) groups is 3. The van der Waals surface area contributed by atoms with Gasteiger partial charge in [0.25, 0.3) is 17.4 Å². The Morgan fingerprint density at radius 2 is 1.86 bits per heavy atom. The molecule has 0 unspecified atom stereocenters. The third-order valence-electron chi connectivity index (χ3n) is 6.03. The first-order valence-corrected chi connectivity index (χ1v) is 10.9. The van der Waals surface area contributed by atoms with Crippen molar-refractivity contribution in [3.05, 3.63) is 68.0 Å². The molecule has 0 saturated carbocycles. The molecule has 1 aromatic heterocycles. The van der Waals surface area contributed by atoms with E-state index in [-0.39, 0.29) is 29.1 Å². The van der Waals surface area contributed by atoms with Crippen molar-refractivity contribution < 1.29 is 29.2 Å². The molecular weight excluding hydrogens is 456 g/mol. The number of hydrogen-bond donors (Lipinski definition) is 2. The Labute approximate surface area is 202 Å². The van der Waals surface area contributed by atoms with Crippen molar-refractivity contribution in [2.75, 3.05) is 34.3 Å². The average Bonchev–Trinajstić information content (AvgIpc) is 3.25. The summed E-state index contributed by atoms with van der Waals surface area (Å²) in [6, 6.07) is 4.57. The summed E-state index contributed by atoms with van der Waals surface area (Å²) in [7, 11) is 5.00. The molecule has 0 bridgehead atoms. The normalized spacial score (nSPS) is 17.3. The number of nitro benzene ring substituents is 1. The van der Waals surface area contributed by atoms with E-state index in [2.05, 4.69) is 4.98 Å². The van der Waals surface area contributed by atoms with E-state index in [0.29, 0.717) is 29.8 Å². The summed E-state index contributed by atoms with van der Waals surface area (Å²) in [5, 5.41) is 22.4. The first kappa shape index (κ1) is 25.6. The fourth-order valence-electron chi connectivity index (χ4n) is 4.34. The number of nitro groups is 1. The number of H-pyrrole nitrogens is 1. The van der Waals surface area contributed by atoms with Crippen LogP contribution in [0.3, 0.4) is 0 Å². The van der Waals surface area contributed by atoms with Crippen LogP contribution in [0.2, 0.25) is 0 Å². The van der Waals surface area contributed by atoms with Gasteiger partial charge in [-0.15, -0.1) is 0 Å². The van der Waals surface area contributed by atoms with E-state index in [1.165, 1.54) is 36.3 Å². The van der Waals surface area contributed by atoms with E-state index < -0.39 is 34.4 Å². The fourth-order valence-corrected chi connectivity index (χ4v) is 4.34. The molecule has 3 rings (SSSR count). The van der Waals surface area contributed by atoms with Crippen LogP contribution in [0.15, 0.2) is 29.8 Å². The Morgan fingerprint density at radius 1 is 1.23 bits per heavy atom. The molecule has 0 aliphatic carbocycles. The number of non-ortho nitro benzene ring substituents is 1. The number of rotatable bonds is 8. The number of aromatic nitrogens is 1. The maximum absolute atomic E-state index is 13.2. The number of Topliss-reactive ketones (excluding diaryl/α,β-unsaturated/α-hetero) is 1. The summed E-state index contributed by atoms with van der Waals surface area (Å²) in [6.07, 6.45) is 0.568. The number of carbonyl (C=O) groups excluding carboxylic acids is 3. The monoisotopic (exact) mass is 484 g/mol. The van der Waals surface area contributed by atoms with Gasteiger partial charge in [0.05, 0.1) is 23.6 Å². The molecule has 1 aromatic carbocycles. The topological polar surface area (TPSA) is 146 Å². The standard InChI is InChI=1S/C24H28N4O7/c1-13-17(14(2)25-19(13)24(32)35-5)21(29)18-20(15-7-9-16(10-8-15)28(33)34)27(23(31)22(18)30)12-6-11-26(3)4/h7-10,20,25,29H,6,11-12H2,1-5H3/t20-/m0/s1. The quantitative estimate of drug-likeness (QED) is 0.145. The number of aliphatic hydroxyl groups is 1. The van der Waals surface area contributed by atoms with Crippen molar-refractivity contribution >= 4 is 29.1 Å². The van der Waals surface area contributed by atoms with Crippen LogP contribution in [0.1, 0.15) is 45.3 Å². The van der Waals surface area contributed by atoms with E-state index in [1.54, 1.807) is 13.8 Å². The number of methoxy groups -OCH3 is 1. The van der Waals surface area contributed by atoms with Crippen molar-refractivity contribution in [1.82, 2.24) is 14.8 Å². The van der Waals surface area contributed by atoms with E-state index in [0.717, 1.165) is 0 Å². The minimum atomic E-state index is -0.951. The molecule has 1 saturated heterocycles. The van der Waals surface area contributed by atoms with Gasteiger partial charge >= 0.3 is 5.97 Å². The molecule has 11 nitrogen and oxygen atoms in total. The molecule has 1 aliphatic heterocycles. The van der Waals surface area contributed by atoms with Gasteiger partial charge in [-0.05, 0) is 64.2 Å². The van der Waals surface area contributed by atoms with Crippen molar-refractivity contribution in [2.24, 2.45) is 0 Å². The second-order valence-corrected chi connectivity index (χ2v) is 8.61. The number of aliphatic hydroxyl groups excluding tert-OH is 1. The Kier molecular flexibility index (Phi) is 7.39. The zero-order valence-corrected chi connectivity index (χ0v) is 20.2. The van der Waals surface area contributed by atoms with Crippen LogP contribution in [-0.2, 0) is 14.3 Å². The summed E-state index contributed by atoms with van der Waals surface area (Å²) >= 11 is 0. The van der Waals surface area contributed by atoms with Crippen LogP contribution in [0.4, 0.5) is 5.69 Å². The highest BCUT2D eigenvalue weighted by Gasteiger charge is 2.46. The number of hydrogen-bond acceptors (Lipinski definition) is 8. The zero-order chi connectivity index (χ0) is 26.0. The average molecular weight is 485 g/mol. The number of ether oxygens (including phenoxy) is 1. The first-order chi connectivity index (χ1) is 16.5. The largest absolute Gasteiger partial charge is 0.507 e. The highest BCUT2D eigenvalue weighted by atomic mass is 16.6. The van der Waals surface area contributed by atoms with E-state index in [4.69, 9.17) is 4.74 Å². The summed E-state index contributed by atoms with van der Waals surface area (Å²) in [4.78, 5) is 55.1. The highest BCUT2D eigenvalue weighted by molar-refractivity contribution is 6.46. The van der Waals surface area contributed by atoms with E-state index in [1.807, 2.05) is 19.0 Å². The summed E-state index contributed by atoms with van der Waals surface area (Å²) in [6.45, 7) is 4.12. The van der Waals surface area contributed by atoms with Gasteiger partial charge in [-0.3, -0.25) is 19.7 Å². The number of ketones is 1. The van der Waals surface area contributed by atoms with Gasteiger partial charge in [-0.2, -0.15) is 0 Å². The predicted molar refractivity (Wildman–Crippen MR) is 127 cm³/mol. The Hall–Kier alpha value is -3.99. The molecule has 0 radical (unpaired) electrons. The lowest BCUT2D eigenvalue weighted by atomic mass is 9.94. The number of nitrogens with one attached hydrogen (secondary N) is 1. The highest BCUT2D eigenvalue weighted by Crippen LogP contribution is 2.41. The van der Waals surface area contributed by atoms with Crippen LogP contribution < -0.4 is 0 Å². The van der Waals surface area contributed by atoms with Gasteiger partial charge in [0.2, 0.25) is 0 Å². The zero-order valence-electron chi connectivity index (χ0n) is 20.2. The third-order valence-corrected chi connectivity index (χ3v) is 6.03. The maximum Gasteiger partial charge on any atom is 0.354 e. The number of nitrogens with zero attached hydrogens (tertiary/aromatic N) is 3. The molecule has 186 valence electrons. The molecule has 1 aliphatic rings. The molecule has 2 N–H and O–H groups in total. The lowest BCUT2D eigenvalue weighted by Gasteiger charge is -2.26. The third kappa shape index (κ3) is 4.80. The molecule has 1 atom stereocenters. The lowest BCUT2D eigenvalue weighted by Crippen LogP contribution is -2.32. The van der Waals surface area contributed by atoms with Gasteiger partial charge in [0.1, 0.15) is 11.5 Å².